The number of anilines is 1. The van der Waals surface area contributed by atoms with Crippen LogP contribution in [0.3, 0.4) is 0 Å². The van der Waals surface area contributed by atoms with Gasteiger partial charge in [-0.05, 0) is 18.6 Å². The number of nitrogens with zero attached hydrogens (tertiary/aromatic N) is 4. The van der Waals surface area contributed by atoms with Gasteiger partial charge in [-0.2, -0.15) is 4.98 Å². The van der Waals surface area contributed by atoms with Crippen molar-refractivity contribution in [2.24, 2.45) is 14.1 Å². The van der Waals surface area contributed by atoms with Gasteiger partial charge in [-0.3, -0.25) is 13.9 Å². The van der Waals surface area contributed by atoms with E-state index >= 15 is 0 Å². The zero-order valence-electron chi connectivity index (χ0n) is 16.8. The number of imidazole rings is 1. The molecule has 0 aliphatic heterocycles. The van der Waals surface area contributed by atoms with Crippen LogP contribution in [0.2, 0.25) is 0 Å². The van der Waals surface area contributed by atoms with Gasteiger partial charge in [0.05, 0.1) is 6.54 Å². The lowest BCUT2D eigenvalue weighted by molar-refractivity contribution is 0.0935. The van der Waals surface area contributed by atoms with Crippen molar-refractivity contribution < 1.29 is 9.84 Å². The van der Waals surface area contributed by atoms with Crippen molar-refractivity contribution >= 4 is 17.1 Å². The highest BCUT2D eigenvalue weighted by Crippen LogP contribution is 2.18. The number of aliphatic hydroxyl groups excluding tert-OH is 1. The number of aliphatic hydroxyl groups is 1. The van der Waals surface area contributed by atoms with Crippen molar-refractivity contribution in [1.82, 2.24) is 18.7 Å². The highest BCUT2D eigenvalue weighted by Gasteiger charge is 2.21. The van der Waals surface area contributed by atoms with Crippen LogP contribution >= 0.6 is 0 Å². The highest BCUT2D eigenvalue weighted by atomic mass is 16.5. The summed E-state index contributed by atoms with van der Waals surface area (Å²) in [6.07, 6.45) is 0.747. The minimum absolute atomic E-state index is 0.0392. The van der Waals surface area contributed by atoms with Gasteiger partial charge < -0.3 is 19.7 Å². The maximum absolute atomic E-state index is 12.7. The lowest BCUT2D eigenvalue weighted by Gasteiger charge is -2.16. The third kappa shape index (κ3) is 3.95. The van der Waals surface area contributed by atoms with Crippen molar-refractivity contribution in [2.45, 2.75) is 19.6 Å². The number of hydrogen-bond acceptors (Lipinski definition) is 6. The highest BCUT2D eigenvalue weighted by molar-refractivity contribution is 5.74. The molecule has 2 heterocycles. The summed E-state index contributed by atoms with van der Waals surface area (Å²) in [6.45, 7) is 6.10. The van der Waals surface area contributed by atoms with E-state index < -0.39 is 17.4 Å². The first-order chi connectivity index (χ1) is 13.8. The maximum atomic E-state index is 12.7. The predicted octanol–water partition coefficient (Wildman–Crippen LogP) is 0.780. The number of aromatic nitrogens is 4. The van der Waals surface area contributed by atoms with Crippen LogP contribution in [0.15, 0.2) is 46.5 Å². The standard InChI is InChI=1S/C20H25N5O4/c1-5-10-21-19-22-17-16(18(27)24(4)20(28)23(17)3)25(19)11-14(26)12-29-15-9-7-6-8-13(15)2/h5-9,14,26H,1,10-12H2,2-4H3,(H,21,22)/t14-/m0/s1. The van der Waals surface area contributed by atoms with Gasteiger partial charge in [-0.1, -0.05) is 24.3 Å². The molecule has 3 aromatic rings. The molecular formula is C20H25N5O4. The predicted molar refractivity (Wildman–Crippen MR) is 112 cm³/mol. The van der Waals surface area contributed by atoms with Crippen LogP contribution in [0.5, 0.6) is 5.75 Å². The minimum atomic E-state index is -0.904. The van der Waals surface area contributed by atoms with E-state index in [1.165, 1.54) is 11.6 Å². The summed E-state index contributed by atoms with van der Waals surface area (Å²) in [5.74, 6) is 1.05. The molecule has 1 aromatic carbocycles. The van der Waals surface area contributed by atoms with Crippen LogP contribution in [0.1, 0.15) is 5.56 Å². The van der Waals surface area contributed by atoms with Crippen molar-refractivity contribution in [2.75, 3.05) is 18.5 Å². The molecule has 0 bridgehead atoms. The van der Waals surface area contributed by atoms with Crippen molar-refractivity contribution in [3.05, 3.63) is 63.3 Å². The second-order valence-electron chi connectivity index (χ2n) is 6.82. The Morgan fingerprint density at radius 1 is 1.28 bits per heavy atom. The fourth-order valence-corrected chi connectivity index (χ4v) is 3.09. The second kappa shape index (κ2) is 8.36. The first kappa shape index (κ1) is 20.4. The molecular weight excluding hydrogens is 374 g/mol. The number of ether oxygens (including phenoxy) is 1. The Balaban J connectivity index is 1.96. The van der Waals surface area contributed by atoms with E-state index in [-0.39, 0.29) is 24.3 Å². The molecule has 0 aliphatic carbocycles. The summed E-state index contributed by atoms with van der Waals surface area (Å²) in [4.78, 5) is 29.4. The van der Waals surface area contributed by atoms with E-state index in [0.717, 1.165) is 10.1 Å². The van der Waals surface area contributed by atoms with Gasteiger partial charge in [0.2, 0.25) is 5.95 Å². The first-order valence-corrected chi connectivity index (χ1v) is 9.22. The minimum Gasteiger partial charge on any atom is -0.491 e. The largest absolute Gasteiger partial charge is 0.491 e. The average molecular weight is 399 g/mol. The molecule has 2 aromatic heterocycles. The molecule has 29 heavy (non-hydrogen) atoms. The van der Waals surface area contributed by atoms with Gasteiger partial charge in [-0.15, -0.1) is 6.58 Å². The molecule has 0 saturated heterocycles. The second-order valence-corrected chi connectivity index (χ2v) is 6.82. The fourth-order valence-electron chi connectivity index (χ4n) is 3.09. The van der Waals surface area contributed by atoms with E-state index in [0.29, 0.717) is 18.2 Å². The number of rotatable bonds is 8. The third-order valence-electron chi connectivity index (χ3n) is 4.67. The first-order valence-electron chi connectivity index (χ1n) is 9.22. The molecule has 0 fully saturated rings. The van der Waals surface area contributed by atoms with Gasteiger partial charge in [0.25, 0.3) is 5.56 Å². The molecule has 0 unspecified atom stereocenters. The summed E-state index contributed by atoms with van der Waals surface area (Å²) < 4.78 is 9.62. The molecule has 0 amide bonds. The zero-order valence-corrected chi connectivity index (χ0v) is 16.8. The van der Waals surface area contributed by atoms with Crippen LogP contribution in [0, 0.1) is 6.92 Å². The molecule has 3 rings (SSSR count). The number of benzene rings is 1. The lowest BCUT2D eigenvalue weighted by atomic mass is 10.2. The topological polar surface area (TPSA) is 103 Å². The smallest absolute Gasteiger partial charge is 0.332 e. The van der Waals surface area contributed by atoms with Crippen molar-refractivity contribution in [3.63, 3.8) is 0 Å². The number of fused-ring (bicyclic) bond motifs is 1. The van der Waals surface area contributed by atoms with Gasteiger partial charge >= 0.3 is 5.69 Å². The molecule has 9 nitrogen and oxygen atoms in total. The average Bonchev–Trinajstić information content (AvgIpc) is 3.06. The summed E-state index contributed by atoms with van der Waals surface area (Å²) >= 11 is 0. The molecule has 0 spiro atoms. The van der Waals surface area contributed by atoms with Crippen LogP contribution in [0.25, 0.3) is 11.2 Å². The Bertz CT molecular complexity index is 1160. The monoisotopic (exact) mass is 399 g/mol. The molecule has 154 valence electrons. The van der Waals surface area contributed by atoms with E-state index in [9.17, 15) is 14.7 Å². The van der Waals surface area contributed by atoms with Crippen LogP contribution in [0.4, 0.5) is 5.95 Å². The van der Waals surface area contributed by atoms with Crippen molar-refractivity contribution in [1.29, 1.82) is 0 Å². The number of nitrogens with one attached hydrogen (secondary N) is 1. The Kier molecular flexibility index (Phi) is 5.88. The fraction of sp³-hybridized carbons (Fsp3) is 0.350. The molecule has 2 N–H and O–H groups in total. The number of para-hydroxylation sites is 1. The van der Waals surface area contributed by atoms with E-state index in [1.54, 1.807) is 17.7 Å². The lowest BCUT2D eigenvalue weighted by Crippen LogP contribution is -2.38. The third-order valence-corrected chi connectivity index (χ3v) is 4.67. The summed E-state index contributed by atoms with van der Waals surface area (Å²) in [7, 11) is 2.96. The summed E-state index contributed by atoms with van der Waals surface area (Å²) in [5, 5.41) is 13.6. The quantitative estimate of drug-likeness (QED) is 0.543. The van der Waals surface area contributed by atoms with Gasteiger partial charge in [0.15, 0.2) is 11.2 Å². The Morgan fingerprint density at radius 2 is 2.00 bits per heavy atom. The molecule has 9 heteroatoms. The van der Waals surface area contributed by atoms with Gasteiger partial charge in [0, 0.05) is 20.6 Å². The van der Waals surface area contributed by atoms with E-state index in [4.69, 9.17) is 4.74 Å². The zero-order chi connectivity index (χ0) is 21.1. The molecule has 0 saturated carbocycles. The van der Waals surface area contributed by atoms with Crippen LogP contribution in [-0.2, 0) is 20.6 Å². The summed E-state index contributed by atoms with van der Waals surface area (Å²) in [5.41, 5.74) is 0.498. The van der Waals surface area contributed by atoms with E-state index in [1.807, 2.05) is 31.2 Å². The van der Waals surface area contributed by atoms with Gasteiger partial charge in [0.1, 0.15) is 18.5 Å². The van der Waals surface area contributed by atoms with Crippen LogP contribution < -0.4 is 21.3 Å². The SMILES string of the molecule is C=CCNc1nc2c(c(=O)n(C)c(=O)n2C)n1C[C@H](O)COc1ccccc1C. The molecule has 0 aliphatic rings. The van der Waals surface area contributed by atoms with E-state index in [2.05, 4.69) is 16.9 Å². The maximum Gasteiger partial charge on any atom is 0.332 e. The van der Waals surface area contributed by atoms with Crippen LogP contribution in [-0.4, -0.2) is 43.0 Å². The Hall–Kier alpha value is -3.33. The molecule has 1 atom stereocenters. The molecule has 0 radical (unpaired) electrons. The Morgan fingerprint density at radius 3 is 2.69 bits per heavy atom. The Labute approximate surface area is 167 Å². The number of hydrogen-bond donors (Lipinski definition) is 2. The normalized spacial score (nSPS) is 12.1. The van der Waals surface area contributed by atoms with Gasteiger partial charge in [-0.25, -0.2) is 4.79 Å². The summed E-state index contributed by atoms with van der Waals surface area (Å²) in [6, 6.07) is 7.53. The van der Waals surface area contributed by atoms with Crippen molar-refractivity contribution in [3.8, 4) is 5.75 Å². The number of aryl methyl sites for hydroxylation is 2.